The van der Waals surface area contributed by atoms with Gasteiger partial charge in [-0.15, -0.1) is 0 Å². The molecule has 0 radical (unpaired) electrons. The quantitative estimate of drug-likeness (QED) is 0.525. The second-order valence-electron chi connectivity index (χ2n) is 3.45. The molecule has 0 saturated carbocycles. The molecule has 0 unspecified atom stereocenters. The summed E-state index contributed by atoms with van der Waals surface area (Å²) in [6, 6.07) is 0. The van der Waals surface area contributed by atoms with E-state index in [0.717, 1.165) is 0 Å². The molecule has 76 valence electrons. The maximum atomic E-state index is 11.4. The average Bonchev–Trinajstić information content (AvgIpc) is 2.02. The molecule has 0 saturated heterocycles. The van der Waals surface area contributed by atoms with Crippen LogP contribution in [0, 0.1) is 0 Å². The van der Waals surface area contributed by atoms with Gasteiger partial charge >= 0.3 is 7.60 Å². The van der Waals surface area contributed by atoms with Crippen molar-refractivity contribution in [1.29, 1.82) is 0 Å². The van der Waals surface area contributed by atoms with Crippen molar-refractivity contribution in [3.05, 3.63) is 5.82 Å². The van der Waals surface area contributed by atoms with Crippen molar-refractivity contribution < 1.29 is 13.6 Å². The van der Waals surface area contributed by atoms with Crippen LogP contribution in [0.5, 0.6) is 0 Å². The molecule has 4 nitrogen and oxygen atoms in total. The zero-order valence-corrected chi connectivity index (χ0v) is 9.59. The third-order valence-corrected chi connectivity index (χ3v) is 2.57. The van der Waals surface area contributed by atoms with Crippen LogP contribution in [0.2, 0.25) is 0 Å². The Morgan fingerprint density at radius 3 is 2.08 bits per heavy atom. The first-order valence-electron chi connectivity index (χ1n) is 3.86. The summed E-state index contributed by atoms with van der Waals surface area (Å²) in [5.41, 5.74) is -0.233. The molecule has 0 aromatic rings. The molecule has 0 spiro atoms. The van der Waals surface area contributed by atoms with E-state index in [1.165, 1.54) is 20.0 Å². The van der Waals surface area contributed by atoms with E-state index in [2.05, 4.69) is 19.9 Å². The molecule has 0 amide bonds. The highest BCUT2D eigenvalue weighted by molar-refractivity contribution is 7.57. The first-order chi connectivity index (χ1) is 5.83. The number of hydrogen-bond donors (Lipinski definition) is 0. The predicted molar refractivity (Wildman–Crippen MR) is 53.4 cm³/mol. The number of nitrogens with zero attached hydrogens (tertiary/aromatic N) is 1. The lowest BCUT2D eigenvalue weighted by Crippen LogP contribution is -2.08. The minimum absolute atomic E-state index is 0.233. The van der Waals surface area contributed by atoms with Gasteiger partial charge in [-0.2, -0.15) is 0 Å². The second-order valence-corrected chi connectivity index (χ2v) is 5.51. The van der Waals surface area contributed by atoms with Gasteiger partial charge in [-0.3, -0.25) is 4.57 Å². The Balaban J connectivity index is 4.60. The smallest absolute Gasteiger partial charge is 0.309 e. The molecule has 0 atom stereocenters. The van der Waals surface area contributed by atoms with E-state index in [4.69, 9.17) is 0 Å². The summed E-state index contributed by atoms with van der Waals surface area (Å²) in [4.78, 5) is 4.00. The fourth-order valence-corrected chi connectivity index (χ4v) is 1.03. The van der Waals surface area contributed by atoms with Gasteiger partial charge in [0.1, 0.15) is 0 Å². The summed E-state index contributed by atoms with van der Waals surface area (Å²) in [5, 5.41) is 0. The highest BCUT2D eigenvalue weighted by Crippen LogP contribution is 2.46. The molecular formula is C8H16NO3P. The maximum Gasteiger partial charge on any atom is 0.362 e. The van der Waals surface area contributed by atoms with E-state index in [9.17, 15) is 4.57 Å². The summed E-state index contributed by atoms with van der Waals surface area (Å²) >= 11 is 0. The number of hydrogen-bond acceptors (Lipinski definition) is 4. The Kier molecular flexibility index (Phi) is 4.58. The van der Waals surface area contributed by atoms with Crippen LogP contribution in [0.1, 0.15) is 20.8 Å². The minimum atomic E-state index is -3.10. The normalized spacial score (nSPS) is 12.1. The fraction of sp³-hybridized carbons (Fsp3) is 0.750. The van der Waals surface area contributed by atoms with Gasteiger partial charge in [0.05, 0.1) is 11.4 Å². The molecule has 13 heavy (non-hydrogen) atoms. The Bertz CT molecular complexity index is 253. The first kappa shape index (κ1) is 12.6. The fourth-order valence-electron chi connectivity index (χ4n) is 0.473. The van der Waals surface area contributed by atoms with Crippen LogP contribution in [0.4, 0.5) is 0 Å². The van der Waals surface area contributed by atoms with Crippen LogP contribution >= 0.6 is 7.60 Å². The largest absolute Gasteiger partial charge is 0.362 e. The predicted octanol–water partition coefficient (Wildman–Crippen LogP) is 2.45. The van der Waals surface area contributed by atoms with Crippen LogP contribution in [-0.2, 0) is 13.6 Å². The summed E-state index contributed by atoms with van der Waals surface area (Å²) in [6.45, 7) is 5.75. The number of rotatable bonds is 3. The molecule has 0 aliphatic carbocycles. The van der Waals surface area contributed by atoms with E-state index >= 15 is 0 Å². The van der Waals surface area contributed by atoms with Gasteiger partial charge in [0.15, 0.2) is 0 Å². The van der Waals surface area contributed by atoms with Crippen molar-refractivity contribution in [3.63, 3.8) is 0 Å². The molecule has 0 aromatic carbocycles. The van der Waals surface area contributed by atoms with Gasteiger partial charge in [0.25, 0.3) is 0 Å². The molecule has 5 heteroatoms. The molecule has 0 aromatic heterocycles. The van der Waals surface area contributed by atoms with Gasteiger partial charge < -0.3 is 9.05 Å². The second kappa shape index (κ2) is 4.73. The molecule has 0 aliphatic heterocycles. The lowest BCUT2D eigenvalue weighted by atomic mass is 10.1. The van der Waals surface area contributed by atoms with Crippen molar-refractivity contribution >= 4 is 13.5 Å². The van der Waals surface area contributed by atoms with Crippen LogP contribution in [-0.4, -0.2) is 25.6 Å². The van der Waals surface area contributed by atoms with E-state index in [1.807, 2.05) is 20.8 Å². The van der Waals surface area contributed by atoms with Crippen LogP contribution in [0.15, 0.2) is 10.8 Å². The summed E-state index contributed by atoms with van der Waals surface area (Å²) in [5.74, 6) is 3.78. The Labute approximate surface area is 79.2 Å². The third kappa shape index (κ3) is 5.78. The summed E-state index contributed by atoms with van der Waals surface area (Å²) in [7, 11) is -0.459. The molecule has 0 bridgehead atoms. The molecule has 0 aliphatic rings. The van der Waals surface area contributed by atoms with Crippen LogP contribution in [0.3, 0.4) is 0 Å². The Morgan fingerprint density at radius 1 is 1.31 bits per heavy atom. The van der Waals surface area contributed by atoms with Crippen molar-refractivity contribution in [2.24, 2.45) is 4.99 Å². The monoisotopic (exact) mass is 205 g/mol. The zero-order chi connectivity index (χ0) is 10.5. The van der Waals surface area contributed by atoms with Gasteiger partial charge in [-0.25, -0.2) is 4.99 Å². The lowest BCUT2D eigenvalue weighted by molar-refractivity contribution is 0.286. The maximum absolute atomic E-state index is 11.4. The number of aliphatic imine (C=N–C) groups is 1. The molecule has 0 fully saturated rings. The highest BCUT2D eigenvalue weighted by Gasteiger charge is 2.15. The minimum Gasteiger partial charge on any atom is -0.309 e. The van der Waals surface area contributed by atoms with Crippen molar-refractivity contribution in [2.45, 2.75) is 26.3 Å². The van der Waals surface area contributed by atoms with Crippen molar-refractivity contribution in [1.82, 2.24) is 0 Å². The van der Waals surface area contributed by atoms with Crippen LogP contribution < -0.4 is 0 Å². The van der Waals surface area contributed by atoms with E-state index in [1.54, 1.807) is 0 Å². The molecule has 0 N–H and O–H groups in total. The highest BCUT2D eigenvalue weighted by atomic mass is 31.2. The van der Waals surface area contributed by atoms with Gasteiger partial charge in [0, 0.05) is 14.2 Å². The third-order valence-electron chi connectivity index (χ3n) is 1.12. The van der Waals surface area contributed by atoms with Gasteiger partial charge in [-0.1, -0.05) is 0 Å². The van der Waals surface area contributed by atoms with E-state index in [-0.39, 0.29) is 5.54 Å². The molecule has 0 heterocycles. The molecular weight excluding hydrogens is 189 g/mol. The Hall–Kier alpha value is -0.400. The average molecular weight is 205 g/mol. The molecule has 0 rings (SSSR count). The van der Waals surface area contributed by atoms with Crippen molar-refractivity contribution in [3.8, 4) is 0 Å². The lowest BCUT2D eigenvalue weighted by Gasteiger charge is -2.09. The summed E-state index contributed by atoms with van der Waals surface area (Å²) < 4.78 is 20.7. The Morgan fingerprint density at radius 2 is 1.77 bits per heavy atom. The zero-order valence-electron chi connectivity index (χ0n) is 8.70. The van der Waals surface area contributed by atoms with E-state index in [0.29, 0.717) is 0 Å². The standard InChI is InChI=1S/C8H16NO3P/c1-8(2,3)9-6-7-13(10,11-4)12-5/h7H,1-5H3. The SMILES string of the molecule is COP(=O)(C=C=NC(C)(C)C)OC. The summed E-state index contributed by atoms with van der Waals surface area (Å²) in [6.07, 6.45) is 0. The van der Waals surface area contributed by atoms with Crippen molar-refractivity contribution in [2.75, 3.05) is 14.2 Å². The van der Waals surface area contributed by atoms with Gasteiger partial charge in [0.2, 0.25) is 0 Å². The van der Waals surface area contributed by atoms with Gasteiger partial charge in [-0.05, 0) is 26.6 Å². The topological polar surface area (TPSA) is 47.9 Å². The van der Waals surface area contributed by atoms with E-state index < -0.39 is 7.60 Å². The first-order valence-corrected chi connectivity index (χ1v) is 5.47. The van der Waals surface area contributed by atoms with Crippen LogP contribution in [0.25, 0.3) is 0 Å².